The number of aliphatic hydroxyl groups excluding tert-OH is 2. The highest BCUT2D eigenvalue weighted by Crippen LogP contribution is 2.15. The van der Waals surface area contributed by atoms with Crippen LogP contribution in [-0.4, -0.2) is 47.6 Å². The van der Waals surface area contributed by atoms with Crippen LogP contribution in [0.15, 0.2) is 72.9 Å². The summed E-state index contributed by atoms with van der Waals surface area (Å²) in [5, 5.41) is 19.7. The van der Waals surface area contributed by atoms with Crippen molar-refractivity contribution >= 4 is 11.9 Å². The van der Waals surface area contributed by atoms with E-state index < -0.39 is 18.2 Å². The van der Waals surface area contributed by atoms with Crippen molar-refractivity contribution < 1.29 is 29.3 Å². The molecule has 6 nitrogen and oxygen atoms in total. The molecule has 6 heteroatoms. The number of aliphatic hydroxyl groups is 2. The number of hydrogen-bond donors (Lipinski definition) is 2. The van der Waals surface area contributed by atoms with Crippen molar-refractivity contribution in [2.24, 2.45) is 0 Å². The Hall–Kier alpha value is -2.70. The van der Waals surface area contributed by atoms with Gasteiger partial charge in [0.2, 0.25) is 0 Å². The molecule has 2 N–H and O–H groups in total. The molecule has 292 valence electrons. The van der Waals surface area contributed by atoms with Crippen LogP contribution >= 0.6 is 0 Å². The molecule has 0 aromatic rings. The van der Waals surface area contributed by atoms with Crippen LogP contribution in [-0.2, 0) is 19.1 Å². The van der Waals surface area contributed by atoms with Gasteiger partial charge in [-0.15, -0.1) is 0 Å². The Labute approximate surface area is 313 Å². The zero-order valence-corrected chi connectivity index (χ0v) is 32.7. The van der Waals surface area contributed by atoms with Crippen LogP contribution in [0.2, 0.25) is 0 Å². The average molecular weight is 713 g/mol. The van der Waals surface area contributed by atoms with E-state index in [0.717, 1.165) is 44.9 Å². The highest BCUT2D eigenvalue weighted by molar-refractivity contribution is 5.70. The Kier molecular flexibility index (Phi) is 38.0. The Bertz CT molecular complexity index is 960. The second kappa shape index (κ2) is 40.1. The molecule has 0 fully saturated rings. The predicted molar refractivity (Wildman–Crippen MR) is 216 cm³/mol. The maximum Gasteiger partial charge on any atom is 0.306 e. The molecule has 0 bridgehead atoms. The molecule has 0 aliphatic rings. The standard InChI is InChI=1S/C45H76O6/c1-3-5-7-9-11-13-15-17-18-19-20-22-24-26-28-30-34-39-45(49)51-43(40-46)41-50-44(48)38-35-31-33-37-42(47)36-32-29-27-25-23-21-16-14-12-10-8-6-4-2/h6,8,12,14,21,23,27,29,31-33,36,42-43,46-47H,3-5,7,9-11,13,15-20,22,24-26,28,30,34-35,37-41H2,1-2H3/b8-6-,14-12-,23-21-,29-27-,33-31-,36-32-/t42?,43-/m0/s1. The van der Waals surface area contributed by atoms with E-state index in [1.165, 1.54) is 89.9 Å². The Morgan fingerprint density at radius 1 is 0.569 bits per heavy atom. The average Bonchev–Trinajstić information content (AvgIpc) is 3.13. The van der Waals surface area contributed by atoms with Gasteiger partial charge in [-0.1, -0.05) is 189 Å². The quantitative estimate of drug-likeness (QED) is 0.0291. The van der Waals surface area contributed by atoms with E-state index in [1.807, 2.05) is 30.4 Å². The minimum absolute atomic E-state index is 0.148. The summed E-state index contributed by atoms with van der Waals surface area (Å²) in [6.45, 7) is 3.87. The third kappa shape index (κ3) is 38.4. The van der Waals surface area contributed by atoms with Gasteiger partial charge in [0, 0.05) is 12.8 Å². The molecule has 1 unspecified atom stereocenters. The molecule has 0 heterocycles. The van der Waals surface area contributed by atoms with Crippen molar-refractivity contribution in [3.63, 3.8) is 0 Å². The molecule has 0 spiro atoms. The summed E-state index contributed by atoms with van der Waals surface area (Å²) in [5.74, 6) is -0.773. The molecule has 2 atom stereocenters. The number of rotatable bonds is 36. The summed E-state index contributed by atoms with van der Waals surface area (Å²) in [7, 11) is 0. The van der Waals surface area contributed by atoms with Crippen LogP contribution in [0.3, 0.4) is 0 Å². The van der Waals surface area contributed by atoms with E-state index in [4.69, 9.17) is 9.47 Å². The summed E-state index contributed by atoms with van der Waals surface area (Å²) in [6.07, 6.45) is 50.0. The van der Waals surface area contributed by atoms with Gasteiger partial charge in [0.1, 0.15) is 6.61 Å². The molecule has 0 amide bonds. The molecule has 0 rings (SSSR count). The van der Waals surface area contributed by atoms with Gasteiger partial charge in [-0.2, -0.15) is 0 Å². The van der Waals surface area contributed by atoms with E-state index in [9.17, 15) is 19.8 Å². The Morgan fingerprint density at radius 3 is 1.61 bits per heavy atom. The van der Waals surface area contributed by atoms with Crippen molar-refractivity contribution in [3.8, 4) is 0 Å². The van der Waals surface area contributed by atoms with Crippen LogP contribution in [0.5, 0.6) is 0 Å². The third-order valence-electron chi connectivity index (χ3n) is 8.61. The lowest BCUT2D eigenvalue weighted by Crippen LogP contribution is -2.28. The molecule has 0 aliphatic heterocycles. The Morgan fingerprint density at radius 2 is 1.08 bits per heavy atom. The van der Waals surface area contributed by atoms with Crippen LogP contribution < -0.4 is 0 Å². The normalized spacial score (nSPS) is 13.6. The smallest absolute Gasteiger partial charge is 0.306 e. The number of carbonyl (C=O) groups is 2. The third-order valence-corrected chi connectivity index (χ3v) is 8.61. The zero-order chi connectivity index (χ0) is 37.3. The second-order valence-corrected chi connectivity index (χ2v) is 13.5. The highest BCUT2D eigenvalue weighted by atomic mass is 16.6. The van der Waals surface area contributed by atoms with E-state index in [0.29, 0.717) is 19.3 Å². The van der Waals surface area contributed by atoms with Gasteiger partial charge in [0.25, 0.3) is 0 Å². The molecule has 0 aromatic carbocycles. The van der Waals surface area contributed by atoms with Gasteiger partial charge in [0.05, 0.1) is 12.7 Å². The number of allylic oxidation sites excluding steroid dienone is 10. The first-order chi connectivity index (χ1) is 25.0. The lowest BCUT2D eigenvalue weighted by Gasteiger charge is -2.15. The van der Waals surface area contributed by atoms with Crippen molar-refractivity contribution in [3.05, 3.63) is 72.9 Å². The predicted octanol–water partition coefficient (Wildman–Crippen LogP) is 11.9. The van der Waals surface area contributed by atoms with Gasteiger partial charge >= 0.3 is 11.9 Å². The van der Waals surface area contributed by atoms with Gasteiger partial charge in [-0.05, 0) is 44.9 Å². The second-order valence-electron chi connectivity index (χ2n) is 13.5. The molecule has 0 radical (unpaired) electrons. The van der Waals surface area contributed by atoms with Crippen molar-refractivity contribution in [1.29, 1.82) is 0 Å². The summed E-state index contributed by atoms with van der Waals surface area (Å²) in [5.41, 5.74) is 0. The van der Waals surface area contributed by atoms with Crippen molar-refractivity contribution in [2.45, 2.75) is 187 Å². The molecule has 0 aromatic heterocycles. The Balaban J connectivity index is 3.77. The number of ether oxygens (including phenoxy) is 2. The first kappa shape index (κ1) is 48.3. The minimum atomic E-state index is -0.838. The van der Waals surface area contributed by atoms with Crippen LogP contribution in [0.1, 0.15) is 174 Å². The summed E-state index contributed by atoms with van der Waals surface area (Å²) in [6, 6.07) is 0. The molecular formula is C45H76O6. The maximum absolute atomic E-state index is 12.2. The van der Waals surface area contributed by atoms with Crippen LogP contribution in [0.4, 0.5) is 0 Å². The molecular weight excluding hydrogens is 636 g/mol. The molecule has 51 heavy (non-hydrogen) atoms. The van der Waals surface area contributed by atoms with Crippen LogP contribution in [0.25, 0.3) is 0 Å². The molecule has 0 aliphatic carbocycles. The topological polar surface area (TPSA) is 93.1 Å². The van der Waals surface area contributed by atoms with Gasteiger partial charge in [0.15, 0.2) is 6.10 Å². The van der Waals surface area contributed by atoms with E-state index in [2.05, 4.69) is 50.3 Å². The van der Waals surface area contributed by atoms with Gasteiger partial charge in [-0.3, -0.25) is 9.59 Å². The molecule has 0 saturated carbocycles. The molecule has 0 saturated heterocycles. The van der Waals surface area contributed by atoms with Crippen molar-refractivity contribution in [2.75, 3.05) is 13.2 Å². The van der Waals surface area contributed by atoms with Gasteiger partial charge in [-0.25, -0.2) is 0 Å². The monoisotopic (exact) mass is 713 g/mol. The fourth-order valence-corrected chi connectivity index (χ4v) is 5.49. The highest BCUT2D eigenvalue weighted by Gasteiger charge is 2.16. The summed E-state index contributed by atoms with van der Waals surface area (Å²) in [4.78, 5) is 24.3. The largest absolute Gasteiger partial charge is 0.462 e. The SMILES string of the molecule is CC/C=C\C/C=C\C/C=C\C/C=C\C=C/C(O)C/C=C\CCC(=O)OC[C@H](CO)OC(=O)CCCCCCCCCCCCCCCCCCC. The fraction of sp³-hybridized carbons (Fsp3) is 0.689. The number of hydrogen-bond acceptors (Lipinski definition) is 6. The van der Waals surface area contributed by atoms with E-state index in [1.54, 1.807) is 6.08 Å². The fourth-order valence-electron chi connectivity index (χ4n) is 5.49. The van der Waals surface area contributed by atoms with Crippen LogP contribution in [0, 0.1) is 0 Å². The number of unbranched alkanes of at least 4 members (excludes halogenated alkanes) is 16. The maximum atomic E-state index is 12.2. The van der Waals surface area contributed by atoms with E-state index >= 15 is 0 Å². The van der Waals surface area contributed by atoms with E-state index in [-0.39, 0.29) is 25.6 Å². The zero-order valence-electron chi connectivity index (χ0n) is 32.7. The minimum Gasteiger partial charge on any atom is -0.462 e. The first-order valence-corrected chi connectivity index (χ1v) is 20.6. The lowest BCUT2D eigenvalue weighted by atomic mass is 10.0. The summed E-state index contributed by atoms with van der Waals surface area (Å²) >= 11 is 0. The number of carbonyl (C=O) groups excluding carboxylic acids is 2. The first-order valence-electron chi connectivity index (χ1n) is 20.6. The van der Waals surface area contributed by atoms with Gasteiger partial charge < -0.3 is 19.7 Å². The number of esters is 2. The summed E-state index contributed by atoms with van der Waals surface area (Å²) < 4.78 is 10.5. The lowest BCUT2D eigenvalue weighted by molar-refractivity contribution is -0.161. The van der Waals surface area contributed by atoms with Crippen molar-refractivity contribution in [1.82, 2.24) is 0 Å².